The normalized spacial score (nSPS) is 14.3. The molecule has 0 spiro atoms. The molecule has 0 atom stereocenters. The van der Waals surface area contributed by atoms with E-state index in [2.05, 4.69) is 44.3 Å². The number of likely N-dealkylation sites (tertiary alicyclic amines) is 1. The molecule has 3 rings (SSSR count). The summed E-state index contributed by atoms with van der Waals surface area (Å²) in [6.45, 7) is 4.89. The third-order valence-electron chi connectivity index (χ3n) is 6.65. The second-order valence-electron chi connectivity index (χ2n) is 9.36. The minimum absolute atomic E-state index is 0. The second kappa shape index (κ2) is 17.3. The molecule has 1 heterocycles. The van der Waals surface area contributed by atoms with Crippen LogP contribution in [-0.2, 0) is 19.4 Å². The zero-order valence-corrected chi connectivity index (χ0v) is 24.5. The van der Waals surface area contributed by atoms with Crippen molar-refractivity contribution in [2.24, 2.45) is 5.92 Å². The van der Waals surface area contributed by atoms with Crippen molar-refractivity contribution in [1.29, 1.82) is 0 Å². The van der Waals surface area contributed by atoms with Gasteiger partial charge in [-0.1, -0.05) is 60.3 Å². The molecular formula is C28H38Cl2MgN2O4. The van der Waals surface area contributed by atoms with Crippen LogP contribution >= 0.6 is 23.2 Å². The maximum atomic E-state index is 11.6. The first-order chi connectivity index (χ1) is 17.4. The predicted octanol–water partition coefficient (Wildman–Crippen LogP) is 5.85. The molecule has 2 aromatic carbocycles. The Hall–Kier alpha value is -1.35. The molecule has 0 unspecified atom stereocenters. The van der Waals surface area contributed by atoms with Gasteiger partial charge in [-0.2, -0.15) is 4.89 Å². The van der Waals surface area contributed by atoms with Gasteiger partial charge >= 0.3 is 29.0 Å². The van der Waals surface area contributed by atoms with Gasteiger partial charge in [-0.05, 0) is 86.6 Å². The van der Waals surface area contributed by atoms with Crippen molar-refractivity contribution < 1.29 is 22.2 Å². The van der Waals surface area contributed by atoms with E-state index in [0.717, 1.165) is 68.2 Å². The maximum Gasteiger partial charge on any atom is 2.00 e. The van der Waals surface area contributed by atoms with Crippen molar-refractivity contribution in [3.05, 3.63) is 69.7 Å². The van der Waals surface area contributed by atoms with Crippen LogP contribution in [0.25, 0.3) is 0 Å². The smallest absolute Gasteiger partial charge is 1.00 e. The van der Waals surface area contributed by atoms with Crippen molar-refractivity contribution in [2.75, 3.05) is 32.8 Å². The van der Waals surface area contributed by atoms with Crippen molar-refractivity contribution >= 4 is 58.1 Å². The maximum absolute atomic E-state index is 11.6. The summed E-state index contributed by atoms with van der Waals surface area (Å²) in [6, 6.07) is 16.6. The van der Waals surface area contributed by atoms with Crippen molar-refractivity contribution in [3.8, 4) is 0 Å². The fourth-order valence-electron chi connectivity index (χ4n) is 4.85. The monoisotopic (exact) mass is 560 g/mol. The van der Waals surface area contributed by atoms with E-state index in [-0.39, 0.29) is 38.4 Å². The number of hydrogen-bond donors (Lipinski definition) is 1. The Morgan fingerprint density at radius 2 is 1.49 bits per heavy atom. The number of carbonyl (C=O) groups is 2. The Morgan fingerprint density at radius 1 is 0.946 bits per heavy atom. The Balaban J connectivity index is 0.00000481. The Kier molecular flexibility index (Phi) is 14.9. The molecule has 1 aliphatic rings. The molecule has 6 nitrogen and oxygen atoms in total. The van der Waals surface area contributed by atoms with Crippen molar-refractivity contribution in [2.45, 2.75) is 51.4 Å². The number of nitrogens with zero attached hydrogens (tertiary/aromatic N) is 1. The first-order valence-corrected chi connectivity index (χ1v) is 13.5. The number of halogens is 2. The van der Waals surface area contributed by atoms with Crippen LogP contribution in [0.3, 0.4) is 0 Å². The number of piperidine rings is 1. The van der Waals surface area contributed by atoms with Crippen LogP contribution in [0.1, 0.15) is 65.3 Å². The molecule has 2 aromatic rings. The van der Waals surface area contributed by atoms with Crippen LogP contribution in [0.4, 0.5) is 0 Å². The zero-order valence-electron chi connectivity index (χ0n) is 23.6. The van der Waals surface area contributed by atoms with Gasteiger partial charge in [-0.15, -0.1) is 0 Å². The molecule has 1 saturated heterocycles. The van der Waals surface area contributed by atoms with E-state index in [1.165, 1.54) is 18.1 Å². The molecule has 9 heteroatoms. The summed E-state index contributed by atoms with van der Waals surface area (Å²) in [7, 11) is 0. The van der Waals surface area contributed by atoms with E-state index in [4.69, 9.17) is 23.2 Å². The molecule has 0 bridgehead atoms. The summed E-state index contributed by atoms with van der Waals surface area (Å²) in [5.74, 6) is 0.0675. The molecule has 0 radical (unpaired) electrons. The summed E-state index contributed by atoms with van der Waals surface area (Å²) in [5.41, 5.74) is 2.62. The number of hydrogen-bond acceptors (Lipinski definition) is 5. The zero-order chi connectivity index (χ0) is 25.8. The Labute approximate surface area is 249 Å². The number of nitrogens with one attached hydrogen (secondary N) is 1. The van der Waals surface area contributed by atoms with Gasteiger partial charge in [0.1, 0.15) is 0 Å². The van der Waals surface area contributed by atoms with Gasteiger partial charge in [-0.3, -0.25) is 9.68 Å². The van der Waals surface area contributed by atoms with E-state index >= 15 is 0 Å². The molecule has 0 saturated carbocycles. The topological polar surface area (TPSA) is 67.9 Å². The van der Waals surface area contributed by atoms with E-state index in [1.54, 1.807) is 0 Å². The Morgan fingerprint density at radius 3 is 2.03 bits per heavy atom. The molecule has 37 heavy (non-hydrogen) atoms. The quantitative estimate of drug-likeness (QED) is 0.144. The summed E-state index contributed by atoms with van der Waals surface area (Å²) in [4.78, 5) is 33.5. The van der Waals surface area contributed by atoms with Gasteiger partial charge in [-0.25, -0.2) is 4.79 Å². The van der Waals surface area contributed by atoms with Gasteiger partial charge in [0.2, 0.25) is 5.91 Å². The van der Waals surface area contributed by atoms with Gasteiger partial charge < -0.3 is 13.1 Å². The van der Waals surface area contributed by atoms with E-state index in [9.17, 15) is 9.59 Å². The fraction of sp³-hybridized carbons (Fsp3) is 0.500. The van der Waals surface area contributed by atoms with E-state index in [0.29, 0.717) is 18.4 Å². The standard InChI is InChI=1S/C28H36Cl2N2O4.Mg.2H/c1-21(33)36-35-20-27(34)31-16-4-2-3-5-17-32-18-14-24(15-19-32)28(22-6-10-25(29)11-7-22)23-8-12-26(30)13-9-23;;;/h6-13,24,28H,2-5,14-20H2,1H3,(H,31,34);;;/q;+2;2*-1. The first kappa shape index (κ1) is 31.9. The molecule has 200 valence electrons. The SMILES string of the molecule is CC(=O)OOCC(=O)NCCCCCCN1CCC(C(c2ccc(Cl)cc2)c2ccc(Cl)cc2)CC1.[H-].[H-].[Mg+2]. The number of carbonyl (C=O) groups excluding carboxylic acids is 2. The minimum atomic E-state index is -0.574. The van der Waals surface area contributed by atoms with E-state index in [1.807, 2.05) is 24.3 Å². The first-order valence-electron chi connectivity index (χ1n) is 12.7. The summed E-state index contributed by atoms with van der Waals surface area (Å²) >= 11 is 12.3. The number of unbranched alkanes of at least 4 members (excludes halogenated alkanes) is 3. The van der Waals surface area contributed by atoms with Crippen LogP contribution in [0.5, 0.6) is 0 Å². The van der Waals surface area contributed by atoms with Crippen LogP contribution in [0, 0.1) is 5.92 Å². The summed E-state index contributed by atoms with van der Waals surface area (Å²) in [5, 5.41) is 4.29. The minimum Gasteiger partial charge on any atom is -1.00 e. The van der Waals surface area contributed by atoms with Gasteiger partial charge in [0.25, 0.3) is 0 Å². The third-order valence-corrected chi connectivity index (χ3v) is 7.16. The molecule has 1 N–H and O–H groups in total. The van der Waals surface area contributed by atoms with Crippen LogP contribution in [-0.4, -0.2) is 72.6 Å². The van der Waals surface area contributed by atoms with Gasteiger partial charge in [0.05, 0.1) is 0 Å². The summed E-state index contributed by atoms with van der Waals surface area (Å²) < 4.78 is 0. The molecular weight excluding hydrogens is 524 g/mol. The van der Waals surface area contributed by atoms with Crippen LogP contribution < -0.4 is 5.32 Å². The molecule has 1 aliphatic heterocycles. The van der Waals surface area contributed by atoms with Crippen LogP contribution in [0.15, 0.2) is 48.5 Å². The largest absolute Gasteiger partial charge is 2.00 e. The van der Waals surface area contributed by atoms with Crippen molar-refractivity contribution in [1.82, 2.24) is 10.2 Å². The molecule has 0 aromatic heterocycles. The third kappa shape index (κ3) is 11.5. The van der Waals surface area contributed by atoms with Crippen LogP contribution in [0.2, 0.25) is 10.0 Å². The van der Waals surface area contributed by atoms with Gasteiger partial charge in [0, 0.05) is 29.4 Å². The molecule has 1 fully saturated rings. The predicted molar refractivity (Wildman–Crippen MR) is 151 cm³/mol. The second-order valence-corrected chi connectivity index (χ2v) is 10.2. The van der Waals surface area contributed by atoms with Crippen molar-refractivity contribution in [3.63, 3.8) is 0 Å². The fourth-order valence-corrected chi connectivity index (χ4v) is 5.10. The number of rotatable bonds is 13. The average molecular weight is 562 g/mol. The van der Waals surface area contributed by atoms with E-state index < -0.39 is 5.97 Å². The number of amides is 1. The van der Waals surface area contributed by atoms with Gasteiger partial charge in [0.15, 0.2) is 6.61 Å². The molecule has 0 aliphatic carbocycles. The molecule has 1 amide bonds. The summed E-state index contributed by atoms with van der Waals surface area (Å²) in [6.07, 6.45) is 6.61. The average Bonchev–Trinajstić information content (AvgIpc) is 2.86. The Bertz CT molecular complexity index is 918. The number of benzene rings is 2.